The van der Waals surface area contributed by atoms with Gasteiger partial charge >= 0.3 is 7.75 Å². The van der Waals surface area contributed by atoms with E-state index in [1.54, 1.807) is 10.8 Å². The molecule has 45 heavy (non-hydrogen) atoms. The van der Waals surface area contributed by atoms with E-state index in [2.05, 4.69) is 38.7 Å². The van der Waals surface area contributed by atoms with Gasteiger partial charge < -0.3 is 24.7 Å². The van der Waals surface area contributed by atoms with Crippen LogP contribution < -0.4 is 15.3 Å². The van der Waals surface area contributed by atoms with Gasteiger partial charge in [-0.15, -0.1) is 24.7 Å². The normalized spacial score (nSPS) is 18.9. The lowest BCUT2D eigenvalue weighted by atomic mass is 10.2. The summed E-state index contributed by atoms with van der Waals surface area (Å²) >= 11 is 0. The molecule has 4 N–H and O–H groups in total. The smallest absolute Gasteiger partial charge is 0.407 e. The second-order valence-electron chi connectivity index (χ2n) is 10.2. The molecule has 4 rings (SSSR count). The van der Waals surface area contributed by atoms with Crippen LogP contribution in [0.3, 0.4) is 0 Å². The van der Waals surface area contributed by atoms with Crippen LogP contribution >= 0.6 is 7.75 Å². The van der Waals surface area contributed by atoms with Gasteiger partial charge in [0.25, 0.3) is 0 Å². The molecule has 3 heterocycles. The maximum absolute atomic E-state index is 14.3. The van der Waals surface area contributed by atoms with Gasteiger partial charge in [-0.05, 0) is 25.7 Å². The molecule has 1 saturated heterocycles. The number of nitrogen functional groups attached to an aromatic ring is 1. The predicted molar refractivity (Wildman–Crippen MR) is 162 cm³/mol. The number of terminal acetylenes is 2. The number of aromatic nitrogens is 3. The second-order valence-corrected chi connectivity index (χ2v) is 11.9. The summed E-state index contributed by atoms with van der Waals surface area (Å²) < 4.78 is 74.0. The first kappa shape index (κ1) is 33.9. The summed E-state index contributed by atoms with van der Waals surface area (Å²) in [6.45, 7) is -0.429. The summed E-state index contributed by atoms with van der Waals surface area (Å²) in [5.74, 6) is 6.43. The number of ether oxygens (including phenoxy) is 1. The van der Waals surface area contributed by atoms with Crippen LogP contribution in [-0.2, 0) is 13.8 Å². The first-order valence-electron chi connectivity index (χ1n) is 14.3. The molecule has 1 unspecified atom stereocenters. The van der Waals surface area contributed by atoms with Gasteiger partial charge in [-0.2, -0.15) is 0 Å². The molecule has 0 amide bonds. The molecule has 1 aliphatic heterocycles. The summed E-state index contributed by atoms with van der Waals surface area (Å²) in [4.78, 5) is 8.42. The molecule has 4 atom stereocenters. The topological polar surface area (TPSA) is 134 Å². The number of benzene rings is 1. The minimum absolute atomic E-state index is 0.109. The van der Waals surface area contributed by atoms with Crippen LogP contribution in [-0.4, -0.2) is 45.0 Å². The second kappa shape index (κ2) is 15.8. The lowest BCUT2D eigenvalue weighted by Crippen LogP contribution is -2.33. The minimum atomic E-state index is -4.46. The molecule has 0 bridgehead atoms. The van der Waals surface area contributed by atoms with E-state index in [4.69, 9.17) is 32.4 Å². The van der Waals surface area contributed by atoms with E-state index < -0.39 is 49.4 Å². The molecule has 0 spiro atoms. The van der Waals surface area contributed by atoms with Crippen LogP contribution in [0.15, 0.2) is 24.7 Å². The van der Waals surface area contributed by atoms with Crippen molar-refractivity contribution in [3.05, 3.63) is 47.7 Å². The van der Waals surface area contributed by atoms with E-state index in [1.807, 2.05) is 0 Å². The third-order valence-electron chi connectivity index (χ3n) is 6.89. The maximum Gasteiger partial charge on any atom is 0.459 e. The number of rotatable bonds is 14. The van der Waals surface area contributed by atoms with Crippen molar-refractivity contribution in [3.63, 3.8) is 0 Å². The summed E-state index contributed by atoms with van der Waals surface area (Å²) in [6.07, 6.45) is 15.3. The molecule has 1 aliphatic rings. The first-order chi connectivity index (χ1) is 21.7. The number of aliphatic hydroxyl groups excluding tert-OH is 1. The lowest BCUT2D eigenvalue weighted by molar-refractivity contribution is -0.0139. The van der Waals surface area contributed by atoms with E-state index in [0.717, 1.165) is 12.8 Å². The van der Waals surface area contributed by atoms with Crippen molar-refractivity contribution < 1.29 is 36.6 Å². The Kier molecular flexibility index (Phi) is 11.9. The van der Waals surface area contributed by atoms with Gasteiger partial charge in [-0.1, -0.05) is 11.8 Å². The molecule has 10 nitrogen and oxygen atoms in total. The zero-order chi connectivity index (χ0) is 32.4. The molecule has 3 aromatic rings. The summed E-state index contributed by atoms with van der Waals surface area (Å²) in [5, 5.41) is 13.9. The van der Waals surface area contributed by atoms with E-state index >= 15 is 0 Å². The van der Waals surface area contributed by atoms with Crippen LogP contribution in [0.25, 0.3) is 11.0 Å². The highest BCUT2D eigenvalue weighted by Crippen LogP contribution is 2.46. The summed E-state index contributed by atoms with van der Waals surface area (Å²) in [5.41, 5.74) is 7.18. The Hall–Kier alpha value is -4.02. The number of hydrogen-bond acceptors (Lipinski definition) is 8. The van der Waals surface area contributed by atoms with E-state index in [9.17, 15) is 22.8 Å². The Morgan fingerprint density at radius 1 is 1.11 bits per heavy atom. The molecule has 0 radical (unpaired) electrons. The average Bonchev–Trinajstić information content (AvgIpc) is 3.56. The van der Waals surface area contributed by atoms with Crippen molar-refractivity contribution in [1.82, 2.24) is 19.6 Å². The fourth-order valence-electron chi connectivity index (χ4n) is 4.65. The highest BCUT2D eigenvalue weighted by Gasteiger charge is 2.39. The quantitative estimate of drug-likeness (QED) is 0.123. The first-order valence-corrected chi connectivity index (χ1v) is 15.8. The van der Waals surface area contributed by atoms with Gasteiger partial charge in [0.2, 0.25) is 5.75 Å². The fourth-order valence-corrected chi connectivity index (χ4v) is 6.04. The molecule has 14 heteroatoms. The third kappa shape index (κ3) is 8.79. The van der Waals surface area contributed by atoms with Crippen molar-refractivity contribution in [2.24, 2.45) is 0 Å². The predicted octanol–water partition coefficient (Wildman–Crippen LogP) is 5.22. The number of aliphatic hydroxyl groups is 1. The number of nitrogens with two attached hydrogens (primary N) is 1. The maximum atomic E-state index is 14.3. The highest BCUT2D eigenvalue weighted by molar-refractivity contribution is 7.52. The summed E-state index contributed by atoms with van der Waals surface area (Å²) in [7, 11) is -4.46. The van der Waals surface area contributed by atoms with Gasteiger partial charge in [-0.3, -0.25) is 4.52 Å². The van der Waals surface area contributed by atoms with Gasteiger partial charge in [0, 0.05) is 50.6 Å². The van der Waals surface area contributed by atoms with Crippen LogP contribution in [0.5, 0.6) is 5.75 Å². The zero-order valence-electron chi connectivity index (χ0n) is 24.3. The summed E-state index contributed by atoms with van der Waals surface area (Å²) in [6, 6.07) is 0.777. The Bertz CT molecular complexity index is 1670. The van der Waals surface area contributed by atoms with Crippen LogP contribution in [0.4, 0.5) is 19.0 Å². The lowest BCUT2D eigenvalue weighted by Gasteiger charge is -2.23. The zero-order valence-corrected chi connectivity index (χ0v) is 25.2. The monoisotopic (exact) mass is 643 g/mol. The number of hydrogen-bond donors (Lipinski definition) is 3. The number of fused-ring (bicyclic) bond motifs is 1. The van der Waals surface area contributed by atoms with Gasteiger partial charge in [0.05, 0.1) is 29.8 Å². The Morgan fingerprint density at radius 2 is 1.80 bits per heavy atom. The molecule has 2 aromatic heterocycles. The van der Waals surface area contributed by atoms with E-state index in [0.29, 0.717) is 60.8 Å². The highest BCUT2D eigenvalue weighted by atomic mass is 31.2. The van der Waals surface area contributed by atoms with E-state index in [-0.39, 0.29) is 25.4 Å². The number of nitrogens with zero attached hydrogens (tertiary/aromatic N) is 3. The van der Waals surface area contributed by atoms with Crippen molar-refractivity contribution in [3.8, 4) is 42.3 Å². The molecule has 0 aliphatic carbocycles. The average molecular weight is 644 g/mol. The van der Waals surface area contributed by atoms with Crippen LogP contribution in [0, 0.1) is 54.0 Å². The molecular formula is C31H33F3N5O5P. The van der Waals surface area contributed by atoms with Crippen molar-refractivity contribution in [2.45, 2.75) is 69.8 Å². The minimum Gasteiger partial charge on any atom is -0.407 e. The van der Waals surface area contributed by atoms with Gasteiger partial charge in [0.1, 0.15) is 29.8 Å². The number of anilines is 1. The molecule has 0 saturated carbocycles. The number of nitrogens with one attached hydrogen (secondary N) is 1. The molecule has 1 aromatic carbocycles. The standard InChI is InChI=1S/C31H33F3N5O5P/c1-3-5-7-9-10-11-13-21-19-39(31-28(21)30(35)36-20-37-31)27-17-25(40)26(43-27)18-38-45(41,42-14-12-8-6-4-2)44-29-23(33)15-22(32)16-24(29)34/h1-2,15-16,19-20,25-27,40H,5-10,12,14,17-18H2,(H,38,41)(H2,35,36,37)/t25-,26-,27-,45?/m1/s1. The number of unbranched alkanes of at least 4 members (excludes halogenated alkanes) is 5. The number of halogens is 3. The largest absolute Gasteiger partial charge is 0.459 e. The third-order valence-corrected chi connectivity index (χ3v) is 8.40. The van der Waals surface area contributed by atoms with Crippen LogP contribution in [0.1, 0.15) is 63.2 Å². The molecule has 238 valence electrons. The van der Waals surface area contributed by atoms with Gasteiger partial charge in [0.15, 0.2) is 11.6 Å². The Morgan fingerprint density at radius 3 is 2.51 bits per heavy atom. The van der Waals surface area contributed by atoms with Gasteiger partial charge in [-0.25, -0.2) is 32.8 Å². The van der Waals surface area contributed by atoms with Crippen molar-refractivity contribution in [1.29, 1.82) is 0 Å². The Balaban J connectivity index is 1.50. The molecule has 1 fully saturated rings. The fraction of sp³-hybridized carbons (Fsp3) is 0.419. The van der Waals surface area contributed by atoms with Crippen molar-refractivity contribution in [2.75, 3.05) is 18.9 Å². The van der Waals surface area contributed by atoms with E-state index in [1.165, 1.54) is 6.33 Å². The van der Waals surface area contributed by atoms with Crippen LogP contribution in [0.2, 0.25) is 0 Å². The van der Waals surface area contributed by atoms with Crippen molar-refractivity contribution >= 4 is 24.6 Å². The Labute approximate surface area is 259 Å². The SMILES string of the molecule is C#CCCCCC#Cc1cn([C@H]2C[C@@H](O)[C@@H](CNP(=O)(OCCCCC#C)Oc3c(F)cc(F)cc3F)O2)c2ncnc(N)c12. The molecular weight excluding hydrogens is 610 g/mol.